The second-order valence-corrected chi connectivity index (χ2v) is 5.82. The van der Waals surface area contributed by atoms with E-state index in [1.165, 1.54) is 16.7 Å². The zero-order valence-corrected chi connectivity index (χ0v) is 10.2. The molecule has 13 heavy (non-hydrogen) atoms. The fourth-order valence-electron chi connectivity index (χ4n) is 1.31. The largest absolute Gasteiger partial charge is 0.478 e. The summed E-state index contributed by atoms with van der Waals surface area (Å²) in [5, 5.41) is 0. The first-order chi connectivity index (χ1) is 6.07. The van der Waals surface area contributed by atoms with Gasteiger partial charge in [-0.15, -0.1) is 0 Å². The number of benzene rings is 1. The second kappa shape index (κ2) is 3.21. The molecule has 0 N–H and O–H groups in total. The van der Waals surface area contributed by atoms with E-state index in [-0.39, 0.29) is 5.60 Å². The van der Waals surface area contributed by atoms with Gasteiger partial charge in [0.15, 0.2) is 10.6 Å². The Bertz CT molecular complexity index is 336. The van der Waals surface area contributed by atoms with Crippen molar-refractivity contribution in [2.75, 3.05) is 5.75 Å². The molecule has 1 aliphatic heterocycles. The lowest BCUT2D eigenvalue weighted by Crippen LogP contribution is -2.36. The van der Waals surface area contributed by atoms with Crippen LogP contribution in [0.2, 0.25) is 0 Å². The second-order valence-electron chi connectivity index (χ2n) is 3.79. The van der Waals surface area contributed by atoms with E-state index in [2.05, 4.69) is 35.8 Å². The smallest absolute Gasteiger partial charge is 0.195 e. The lowest BCUT2D eigenvalue weighted by Gasteiger charge is -2.27. The summed E-state index contributed by atoms with van der Waals surface area (Å²) in [5.74, 6) is 2.09. The van der Waals surface area contributed by atoms with Gasteiger partial charge in [-0.05, 0) is 26.0 Å². The average molecular weight is 260 g/mol. The fraction of sp³-hybridized carbons (Fsp3) is 0.400. The number of hydrogen-bond acceptors (Lipinski definition) is 1. The molecular formula is C10H12BrOS+. The van der Waals surface area contributed by atoms with Gasteiger partial charge in [-0.2, -0.15) is 0 Å². The highest BCUT2D eigenvalue weighted by molar-refractivity contribution is 9.10. The highest BCUT2D eigenvalue weighted by Crippen LogP contribution is 2.32. The van der Waals surface area contributed by atoms with Gasteiger partial charge in [0.25, 0.3) is 0 Å². The van der Waals surface area contributed by atoms with E-state index < -0.39 is 0 Å². The van der Waals surface area contributed by atoms with Crippen LogP contribution in [0, 0.1) is 0 Å². The Labute approximate surface area is 91.0 Å². The normalized spacial score (nSPS) is 19.0. The van der Waals surface area contributed by atoms with Gasteiger partial charge in [-0.3, -0.25) is 0 Å². The van der Waals surface area contributed by atoms with E-state index in [1.807, 2.05) is 12.1 Å². The number of hydrogen-bond donors (Lipinski definition) is 0. The predicted molar refractivity (Wildman–Crippen MR) is 60.7 cm³/mol. The number of fused-ring (bicyclic) bond motifs is 1. The van der Waals surface area contributed by atoms with Crippen molar-refractivity contribution in [1.82, 2.24) is 0 Å². The number of ether oxygens (including phenoxy) is 1. The van der Waals surface area contributed by atoms with Crippen molar-refractivity contribution in [2.45, 2.75) is 24.3 Å². The van der Waals surface area contributed by atoms with E-state index in [4.69, 9.17) is 4.74 Å². The summed E-state index contributed by atoms with van der Waals surface area (Å²) in [5.41, 5.74) is -0.0115. The molecule has 2 rings (SSSR count). The fourth-order valence-corrected chi connectivity index (χ4v) is 2.97. The quantitative estimate of drug-likeness (QED) is 0.515. The number of rotatable bonds is 0. The number of halogens is 1. The van der Waals surface area contributed by atoms with Crippen molar-refractivity contribution in [3.63, 3.8) is 0 Å². The summed E-state index contributed by atoms with van der Waals surface area (Å²) < 4.78 is 6.97. The highest BCUT2D eigenvalue weighted by Gasteiger charge is 2.32. The van der Waals surface area contributed by atoms with E-state index in [0.717, 1.165) is 16.0 Å². The molecule has 0 spiro atoms. The lowest BCUT2D eigenvalue weighted by molar-refractivity contribution is 0.126. The molecule has 1 nitrogen and oxygen atoms in total. The van der Waals surface area contributed by atoms with Crippen LogP contribution in [-0.2, 0) is 11.8 Å². The SMILES string of the molecule is CC1(C)C[SH+]c2cc(Br)ccc2O1. The average Bonchev–Trinajstić information content (AvgIpc) is 2.05. The standard InChI is InChI=1S/C10H11BrOS/c1-10(2)6-13-9-5-7(11)3-4-8(9)12-10/h3-5H,6H2,1-2H3/p+1. The van der Waals surface area contributed by atoms with Crippen LogP contribution in [0.25, 0.3) is 0 Å². The van der Waals surface area contributed by atoms with Crippen molar-refractivity contribution in [1.29, 1.82) is 0 Å². The van der Waals surface area contributed by atoms with Crippen LogP contribution in [0.15, 0.2) is 27.6 Å². The Morgan fingerprint density at radius 3 is 3.00 bits per heavy atom. The van der Waals surface area contributed by atoms with E-state index in [1.54, 1.807) is 0 Å². The van der Waals surface area contributed by atoms with Crippen LogP contribution in [0.3, 0.4) is 0 Å². The van der Waals surface area contributed by atoms with Gasteiger partial charge in [0.05, 0.1) is 0 Å². The van der Waals surface area contributed by atoms with Gasteiger partial charge >= 0.3 is 0 Å². The van der Waals surface area contributed by atoms with Crippen molar-refractivity contribution >= 4 is 27.7 Å². The van der Waals surface area contributed by atoms with E-state index >= 15 is 0 Å². The molecule has 0 atom stereocenters. The van der Waals surface area contributed by atoms with Crippen LogP contribution in [0.1, 0.15) is 13.8 Å². The summed E-state index contributed by atoms with van der Waals surface area (Å²) in [6, 6.07) is 6.19. The van der Waals surface area contributed by atoms with E-state index in [9.17, 15) is 0 Å². The maximum atomic E-state index is 5.85. The third-order valence-corrected chi connectivity index (χ3v) is 4.04. The summed E-state index contributed by atoms with van der Waals surface area (Å²) in [4.78, 5) is 1.29. The van der Waals surface area contributed by atoms with Crippen LogP contribution >= 0.6 is 15.9 Å². The van der Waals surface area contributed by atoms with Crippen molar-refractivity contribution in [3.8, 4) is 5.75 Å². The molecule has 70 valence electrons. The van der Waals surface area contributed by atoms with Gasteiger partial charge in [0, 0.05) is 22.3 Å². The molecule has 3 heteroatoms. The van der Waals surface area contributed by atoms with Crippen molar-refractivity contribution in [2.24, 2.45) is 0 Å². The third kappa shape index (κ3) is 2.02. The minimum absolute atomic E-state index is 0.0115. The molecule has 1 aromatic rings. The molecule has 1 heterocycles. The Morgan fingerprint density at radius 1 is 1.46 bits per heavy atom. The minimum Gasteiger partial charge on any atom is -0.478 e. The molecule has 0 aliphatic carbocycles. The summed E-state index contributed by atoms with van der Waals surface area (Å²) in [7, 11) is 0. The minimum atomic E-state index is -0.0115. The monoisotopic (exact) mass is 259 g/mol. The van der Waals surface area contributed by atoms with Crippen molar-refractivity contribution < 1.29 is 4.74 Å². The Hall–Kier alpha value is -0.150. The van der Waals surface area contributed by atoms with Crippen LogP contribution in [0.5, 0.6) is 5.75 Å². The predicted octanol–water partition coefficient (Wildman–Crippen LogP) is 2.79. The highest BCUT2D eigenvalue weighted by atomic mass is 79.9. The first-order valence-electron chi connectivity index (χ1n) is 4.23. The van der Waals surface area contributed by atoms with Crippen LogP contribution in [0.4, 0.5) is 0 Å². The molecule has 0 unspecified atom stereocenters. The molecular weight excluding hydrogens is 248 g/mol. The van der Waals surface area contributed by atoms with Gasteiger partial charge in [-0.25, -0.2) is 0 Å². The molecule has 0 saturated heterocycles. The Kier molecular flexibility index (Phi) is 2.32. The molecule has 1 aliphatic rings. The maximum absolute atomic E-state index is 5.85. The summed E-state index contributed by atoms with van der Waals surface area (Å²) in [6.45, 7) is 4.26. The Balaban J connectivity index is 2.37. The maximum Gasteiger partial charge on any atom is 0.195 e. The molecule has 0 aromatic heterocycles. The van der Waals surface area contributed by atoms with Crippen molar-refractivity contribution in [3.05, 3.63) is 22.7 Å². The third-order valence-electron chi connectivity index (χ3n) is 1.94. The van der Waals surface area contributed by atoms with Gasteiger partial charge < -0.3 is 4.74 Å². The van der Waals surface area contributed by atoms with Gasteiger partial charge in [0.2, 0.25) is 0 Å². The molecule has 0 fully saturated rings. The molecule has 0 radical (unpaired) electrons. The molecule has 0 amide bonds. The zero-order chi connectivity index (χ0) is 9.47. The summed E-state index contributed by atoms with van der Waals surface area (Å²) >= 11 is 4.82. The van der Waals surface area contributed by atoms with E-state index in [0.29, 0.717) is 0 Å². The number of thiol groups is 1. The molecule has 0 bridgehead atoms. The lowest BCUT2D eigenvalue weighted by atomic mass is 10.2. The topological polar surface area (TPSA) is 9.23 Å². The molecule has 1 aromatic carbocycles. The molecule has 0 saturated carbocycles. The summed E-state index contributed by atoms with van der Waals surface area (Å²) in [6.07, 6.45) is 0. The van der Waals surface area contributed by atoms with Crippen LogP contribution < -0.4 is 4.74 Å². The van der Waals surface area contributed by atoms with Gasteiger partial charge in [-0.1, -0.05) is 15.9 Å². The zero-order valence-electron chi connectivity index (χ0n) is 7.67. The Morgan fingerprint density at radius 2 is 2.23 bits per heavy atom. The van der Waals surface area contributed by atoms with Crippen LogP contribution in [-0.4, -0.2) is 11.4 Å². The first kappa shape index (κ1) is 9.41. The van der Waals surface area contributed by atoms with Gasteiger partial charge in [0.1, 0.15) is 11.4 Å². The first-order valence-corrected chi connectivity index (χ1v) is 6.10.